The third kappa shape index (κ3) is 2.79. The second-order valence-corrected chi connectivity index (χ2v) is 6.15. The van der Waals surface area contributed by atoms with Crippen molar-refractivity contribution in [1.82, 2.24) is 0 Å². The van der Waals surface area contributed by atoms with Gasteiger partial charge in [-0.05, 0) is 18.2 Å². The topological polar surface area (TPSA) is 63.7 Å². The minimum Gasteiger partial charge on any atom is -0.409 e. The Morgan fingerprint density at radius 2 is 1.33 bits per heavy atom. The van der Waals surface area contributed by atoms with Crippen LogP contribution in [0, 0.1) is 0 Å². The Labute approximate surface area is 155 Å². The highest BCUT2D eigenvalue weighted by molar-refractivity contribution is 6.29. The van der Waals surface area contributed by atoms with Gasteiger partial charge in [0.25, 0.3) is 0 Å². The van der Waals surface area contributed by atoms with Gasteiger partial charge in [-0.2, -0.15) is 0 Å². The number of ketones is 2. The van der Waals surface area contributed by atoms with Gasteiger partial charge < -0.3 is 4.74 Å². The van der Waals surface area contributed by atoms with E-state index in [4.69, 9.17) is 4.74 Å². The van der Waals surface area contributed by atoms with Crippen molar-refractivity contribution in [2.75, 3.05) is 11.9 Å². The van der Waals surface area contributed by atoms with Gasteiger partial charge in [-0.1, -0.05) is 54.6 Å². The summed E-state index contributed by atoms with van der Waals surface area (Å²) in [6.45, 7) is 0. The predicted octanol–water partition coefficient (Wildman–Crippen LogP) is 4.10. The fraction of sp³-hybridized carbons (Fsp3) is 0.0455. The van der Waals surface area contributed by atoms with Crippen molar-refractivity contribution in [3.05, 3.63) is 95.1 Å². The second kappa shape index (κ2) is 6.53. The molecule has 3 aromatic rings. The standard InChI is InChI=1S/C22H15NO4/c1-23(14-8-3-2-4-9-14)22(26)27-18-13-7-12-17-19(18)21(25)16-11-6-5-10-15(16)20(17)24/h2-13H,1H3. The highest BCUT2D eigenvalue weighted by Crippen LogP contribution is 2.33. The van der Waals surface area contributed by atoms with Crippen LogP contribution in [0.4, 0.5) is 10.5 Å². The van der Waals surface area contributed by atoms with E-state index < -0.39 is 6.09 Å². The summed E-state index contributed by atoms with van der Waals surface area (Å²) in [5, 5.41) is 0. The van der Waals surface area contributed by atoms with E-state index in [2.05, 4.69) is 0 Å². The van der Waals surface area contributed by atoms with E-state index >= 15 is 0 Å². The normalized spacial score (nSPS) is 12.2. The molecule has 5 heteroatoms. The van der Waals surface area contributed by atoms with Gasteiger partial charge in [0.05, 0.1) is 5.56 Å². The average Bonchev–Trinajstić information content (AvgIpc) is 2.72. The molecule has 0 fully saturated rings. The number of benzene rings is 3. The summed E-state index contributed by atoms with van der Waals surface area (Å²) < 4.78 is 5.48. The van der Waals surface area contributed by atoms with Crippen LogP contribution in [0.15, 0.2) is 72.8 Å². The fourth-order valence-corrected chi connectivity index (χ4v) is 3.12. The summed E-state index contributed by atoms with van der Waals surface area (Å²) in [7, 11) is 1.58. The molecule has 1 aliphatic carbocycles. The van der Waals surface area contributed by atoms with Crippen molar-refractivity contribution in [1.29, 1.82) is 0 Å². The first-order valence-corrected chi connectivity index (χ1v) is 8.40. The minimum absolute atomic E-state index is 0.0770. The minimum atomic E-state index is -0.645. The van der Waals surface area contributed by atoms with E-state index in [0.29, 0.717) is 16.8 Å². The number of fused-ring (bicyclic) bond motifs is 2. The lowest BCUT2D eigenvalue weighted by atomic mass is 9.84. The van der Waals surface area contributed by atoms with Crippen molar-refractivity contribution in [3.63, 3.8) is 0 Å². The number of carbonyl (C=O) groups excluding carboxylic acids is 3. The molecule has 0 bridgehead atoms. The van der Waals surface area contributed by atoms with Gasteiger partial charge in [0, 0.05) is 29.4 Å². The van der Waals surface area contributed by atoms with Crippen molar-refractivity contribution in [3.8, 4) is 5.75 Å². The Hall–Kier alpha value is -3.73. The molecular weight excluding hydrogens is 342 g/mol. The van der Waals surface area contributed by atoms with Crippen molar-refractivity contribution >= 4 is 23.3 Å². The van der Waals surface area contributed by atoms with Crippen LogP contribution in [0.25, 0.3) is 0 Å². The fourth-order valence-electron chi connectivity index (χ4n) is 3.12. The number of amides is 1. The maximum Gasteiger partial charge on any atom is 0.419 e. The molecule has 27 heavy (non-hydrogen) atoms. The number of hydrogen-bond acceptors (Lipinski definition) is 4. The third-order valence-electron chi connectivity index (χ3n) is 4.53. The molecular formula is C22H15NO4. The Kier molecular flexibility index (Phi) is 4.05. The summed E-state index contributed by atoms with van der Waals surface area (Å²) in [4.78, 5) is 39.6. The van der Waals surface area contributed by atoms with Gasteiger partial charge in [-0.3, -0.25) is 14.5 Å². The zero-order valence-electron chi connectivity index (χ0n) is 14.5. The largest absolute Gasteiger partial charge is 0.419 e. The summed E-state index contributed by atoms with van der Waals surface area (Å²) in [6, 6.07) is 20.3. The van der Waals surface area contributed by atoms with Gasteiger partial charge in [0.1, 0.15) is 5.75 Å². The zero-order chi connectivity index (χ0) is 19.0. The van der Waals surface area contributed by atoms with Gasteiger partial charge in [0.2, 0.25) is 0 Å². The van der Waals surface area contributed by atoms with Crippen LogP contribution in [0.1, 0.15) is 31.8 Å². The van der Waals surface area contributed by atoms with Crippen LogP contribution < -0.4 is 9.64 Å². The summed E-state index contributed by atoms with van der Waals surface area (Å²) in [6.07, 6.45) is -0.645. The number of anilines is 1. The molecule has 5 nitrogen and oxygen atoms in total. The predicted molar refractivity (Wildman–Crippen MR) is 101 cm³/mol. The SMILES string of the molecule is CN(C(=O)Oc1cccc2c1C(=O)c1ccccc1C2=O)c1ccccc1. The van der Waals surface area contributed by atoms with Gasteiger partial charge >= 0.3 is 6.09 Å². The lowest BCUT2D eigenvalue weighted by Crippen LogP contribution is -2.30. The molecule has 0 aromatic heterocycles. The van der Waals surface area contributed by atoms with E-state index in [0.717, 1.165) is 0 Å². The first-order chi connectivity index (χ1) is 13.1. The Balaban J connectivity index is 1.71. The number of nitrogens with zero attached hydrogens (tertiary/aromatic N) is 1. The number of ether oxygens (including phenoxy) is 1. The van der Waals surface area contributed by atoms with E-state index in [-0.39, 0.29) is 28.4 Å². The molecule has 3 aromatic carbocycles. The van der Waals surface area contributed by atoms with Crippen LogP contribution >= 0.6 is 0 Å². The molecule has 0 atom stereocenters. The Morgan fingerprint density at radius 1 is 0.741 bits per heavy atom. The number of para-hydroxylation sites is 1. The molecule has 0 N–H and O–H groups in total. The van der Waals surface area contributed by atoms with E-state index in [1.165, 1.54) is 11.0 Å². The van der Waals surface area contributed by atoms with Gasteiger partial charge in [-0.25, -0.2) is 4.79 Å². The molecule has 0 heterocycles. The number of carbonyl (C=O) groups is 3. The Morgan fingerprint density at radius 3 is 2.04 bits per heavy atom. The van der Waals surface area contributed by atoms with Crippen LogP contribution in [0.3, 0.4) is 0 Å². The van der Waals surface area contributed by atoms with Crippen LogP contribution in [0.2, 0.25) is 0 Å². The van der Waals surface area contributed by atoms with Crippen molar-refractivity contribution < 1.29 is 19.1 Å². The van der Waals surface area contributed by atoms with Crippen LogP contribution in [0.5, 0.6) is 5.75 Å². The molecule has 0 saturated heterocycles. The van der Waals surface area contributed by atoms with Gasteiger partial charge in [0.15, 0.2) is 11.6 Å². The van der Waals surface area contributed by atoms with Crippen molar-refractivity contribution in [2.24, 2.45) is 0 Å². The lowest BCUT2D eigenvalue weighted by molar-refractivity contribution is 0.0976. The third-order valence-corrected chi connectivity index (χ3v) is 4.53. The number of hydrogen-bond donors (Lipinski definition) is 0. The second-order valence-electron chi connectivity index (χ2n) is 6.15. The first-order valence-electron chi connectivity index (χ1n) is 8.40. The van der Waals surface area contributed by atoms with Crippen LogP contribution in [-0.4, -0.2) is 24.7 Å². The molecule has 0 radical (unpaired) electrons. The molecule has 1 aliphatic rings. The highest BCUT2D eigenvalue weighted by atomic mass is 16.6. The molecule has 1 amide bonds. The van der Waals surface area contributed by atoms with E-state index in [9.17, 15) is 14.4 Å². The van der Waals surface area contributed by atoms with E-state index in [1.54, 1.807) is 55.6 Å². The highest BCUT2D eigenvalue weighted by Gasteiger charge is 2.32. The number of rotatable bonds is 2. The maximum absolute atomic E-state index is 12.9. The molecule has 0 spiro atoms. The summed E-state index contributed by atoms with van der Waals surface area (Å²) in [5.41, 5.74) is 1.69. The summed E-state index contributed by atoms with van der Waals surface area (Å²) in [5.74, 6) is -0.506. The maximum atomic E-state index is 12.9. The molecule has 0 saturated carbocycles. The molecule has 0 unspecified atom stereocenters. The lowest BCUT2D eigenvalue weighted by Gasteiger charge is -2.21. The van der Waals surface area contributed by atoms with Crippen LogP contribution in [-0.2, 0) is 0 Å². The zero-order valence-corrected chi connectivity index (χ0v) is 14.5. The Bertz CT molecular complexity index is 1070. The quantitative estimate of drug-likeness (QED) is 0.542. The van der Waals surface area contributed by atoms with Crippen molar-refractivity contribution in [2.45, 2.75) is 0 Å². The smallest absolute Gasteiger partial charge is 0.409 e. The summed E-state index contributed by atoms with van der Waals surface area (Å²) >= 11 is 0. The molecule has 4 rings (SSSR count). The van der Waals surface area contributed by atoms with E-state index in [1.807, 2.05) is 18.2 Å². The monoisotopic (exact) mass is 357 g/mol. The van der Waals surface area contributed by atoms with Gasteiger partial charge in [-0.15, -0.1) is 0 Å². The average molecular weight is 357 g/mol. The molecule has 132 valence electrons. The molecule has 0 aliphatic heterocycles. The first kappa shape index (κ1) is 16.7.